The van der Waals surface area contributed by atoms with Crippen LogP contribution >= 0.6 is 11.6 Å². The van der Waals surface area contributed by atoms with E-state index in [1.165, 1.54) is 6.07 Å². The summed E-state index contributed by atoms with van der Waals surface area (Å²) in [6.07, 6.45) is 4.95. The molecule has 4 rings (SSSR count). The minimum atomic E-state index is 0.121. The average molecular weight is 350 g/mol. The molecule has 0 atom stereocenters. The number of nitrogens with zero attached hydrogens (tertiary/aromatic N) is 3. The van der Waals surface area contributed by atoms with E-state index in [4.69, 9.17) is 16.0 Å². The van der Waals surface area contributed by atoms with Crippen molar-refractivity contribution in [2.75, 3.05) is 0 Å². The third-order valence-electron chi connectivity index (χ3n) is 3.64. The molecule has 0 bridgehead atoms. The first-order valence-corrected chi connectivity index (χ1v) is 7.90. The number of hydrogen-bond acceptors (Lipinski definition) is 5. The van der Waals surface area contributed by atoms with Crippen LogP contribution in [0.4, 0.5) is 5.69 Å². The van der Waals surface area contributed by atoms with E-state index in [1.54, 1.807) is 30.7 Å². The fraction of sp³-hybridized carbons (Fsp3) is 0. The summed E-state index contributed by atoms with van der Waals surface area (Å²) in [7, 11) is 0. The molecule has 5 nitrogen and oxygen atoms in total. The molecule has 0 radical (unpaired) electrons. The Bertz CT molecular complexity index is 1070. The van der Waals surface area contributed by atoms with Gasteiger partial charge < -0.3 is 9.52 Å². The minimum absolute atomic E-state index is 0.121. The number of rotatable bonds is 3. The van der Waals surface area contributed by atoms with Crippen LogP contribution in [0.3, 0.4) is 0 Å². The van der Waals surface area contributed by atoms with Crippen molar-refractivity contribution in [1.82, 2.24) is 9.97 Å². The third-order valence-corrected chi connectivity index (χ3v) is 3.88. The lowest BCUT2D eigenvalue weighted by Gasteiger charge is -1.99. The number of hydrogen-bond donors (Lipinski definition) is 1. The van der Waals surface area contributed by atoms with Crippen molar-refractivity contribution in [1.29, 1.82) is 0 Å². The Morgan fingerprint density at radius 2 is 1.88 bits per heavy atom. The van der Waals surface area contributed by atoms with Crippen LogP contribution in [0.5, 0.6) is 5.75 Å². The summed E-state index contributed by atoms with van der Waals surface area (Å²) in [5.41, 5.74) is 3.49. The number of halogens is 1. The molecule has 25 heavy (non-hydrogen) atoms. The smallest absolute Gasteiger partial charge is 0.227 e. The third kappa shape index (κ3) is 3.22. The lowest BCUT2D eigenvalue weighted by atomic mass is 10.2. The standard InChI is InChI=1S/C19H12ClN3O2/c20-14-1-3-17(24)13(9-14)11-22-15-2-4-18-16(10-15)23-19(25-18)12-5-7-21-8-6-12/h1-11,24H. The highest BCUT2D eigenvalue weighted by Gasteiger charge is 2.08. The summed E-state index contributed by atoms with van der Waals surface area (Å²) in [5.74, 6) is 0.654. The highest BCUT2D eigenvalue weighted by atomic mass is 35.5. The summed E-state index contributed by atoms with van der Waals surface area (Å²) in [5, 5.41) is 10.4. The molecule has 0 aliphatic rings. The van der Waals surface area contributed by atoms with Gasteiger partial charge in [-0.2, -0.15) is 0 Å². The topological polar surface area (TPSA) is 71.5 Å². The van der Waals surface area contributed by atoms with Gasteiger partial charge in [-0.3, -0.25) is 9.98 Å². The largest absolute Gasteiger partial charge is 0.507 e. The molecule has 122 valence electrons. The number of benzene rings is 2. The molecule has 0 fully saturated rings. The van der Waals surface area contributed by atoms with Crippen molar-refractivity contribution in [2.24, 2.45) is 4.99 Å². The molecule has 1 N–H and O–H groups in total. The Hall–Kier alpha value is -3.18. The predicted octanol–water partition coefficient (Wildman–Crippen LogP) is 5.00. The summed E-state index contributed by atoms with van der Waals surface area (Å²) in [4.78, 5) is 12.9. The molecule has 2 heterocycles. The summed E-state index contributed by atoms with van der Waals surface area (Å²) >= 11 is 5.94. The summed E-state index contributed by atoms with van der Waals surface area (Å²) < 4.78 is 5.76. The van der Waals surface area contributed by atoms with E-state index in [2.05, 4.69) is 15.0 Å². The fourth-order valence-corrected chi connectivity index (χ4v) is 2.57. The first kappa shape index (κ1) is 15.4. The number of pyridine rings is 1. The van der Waals surface area contributed by atoms with Gasteiger partial charge in [0.1, 0.15) is 11.3 Å². The normalized spacial score (nSPS) is 11.4. The van der Waals surface area contributed by atoms with E-state index in [1.807, 2.05) is 30.3 Å². The number of oxazole rings is 1. The van der Waals surface area contributed by atoms with Gasteiger partial charge in [0.15, 0.2) is 5.58 Å². The lowest BCUT2D eigenvalue weighted by molar-refractivity contribution is 0.474. The lowest BCUT2D eigenvalue weighted by Crippen LogP contribution is -1.82. The Morgan fingerprint density at radius 3 is 2.72 bits per heavy atom. The van der Waals surface area contributed by atoms with Gasteiger partial charge in [0.25, 0.3) is 0 Å². The second-order valence-electron chi connectivity index (χ2n) is 5.37. The van der Waals surface area contributed by atoms with E-state index >= 15 is 0 Å². The zero-order valence-electron chi connectivity index (χ0n) is 12.9. The van der Waals surface area contributed by atoms with Gasteiger partial charge in [-0.15, -0.1) is 0 Å². The molecule has 4 aromatic rings. The van der Waals surface area contributed by atoms with E-state index in [9.17, 15) is 5.11 Å². The van der Waals surface area contributed by atoms with E-state index in [0.29, 0.717) is 33.3 Å². The maximum atomic E-state index is 9.83. The number of phenolic OH excluding ortho intramolecular Hbond substituents is 1. The Kier molecular flexibility index (Phi) is 3.91. The monoisotopic (exact) mass is 349 g/mol. The van der Waals surface area contributed by atoms with Crippen molar-refractivity contribution in [3.05, 3.63) is 71.5 Å². The van der Waals surface area contributed by atoms with E-state index in [-0.39, 0.29) is 5.75 Å². The second kappa shape index (κ2) is 6.37. The number of aromatic hydroxyl groups is 1. The minimum Gasteiger partial charge on any atom is -0.507 e. The number of aliphatic imine (C=N–C) groups is 1. The molecule has 6 heteroatoms. The molecule has 0 amide bonds. The maximum Gasteiger partial charge on any atom is 0.227 e. The van der Waals surface area contributed by atoms with Crippen LogP contribution in [-0.2, 0) is 0 Å². The van der Waals surface area contributed by atoms with Crippen LogP contribution in [0.25, 0.3) is 22.6 Å². The maximum absolute atomic E-state index is 9.83. The van der Waals surface area contributed by atoms with Crippen LogP contribution in [0, 0.1) is 0 Å². The molecule has 0 aliphatic carbocycles. The first-order chi connectivity index (χ1) is 12.2. The molecule has 2 aromatic heterocycles. The van der Waals surface area contributed by atoms with Gasteiger partial charge in [0.05, 0.1) is 5.69 Å². The zero-order valence-corrected chi connectivity index (χ0v) is 13.7. The van der Waals surface area contributed by atoms with Gasteiger partial charge in [0, 0.05) is 34.8 Å². The van der Waals surface area contributed by atoms with Crippen LogP contribution in [0.15, 0.2) is 70.3 Å². The van der Waals surface area contributed by atoms with E-state index < -0.39 is 0 Å². The fourth-order valence-electron chi connectivity index (χ4n) is 2.39. The van der Waals surface area contributed by atoms with Crippen molar-refractivity contribution < 1.29 is 9.52 Å². The number of aromatic nitrogens is 2. The first-order valence-electron chi connectivity index (χ1n) is 7.53. The molecule has 2 aromatic carbocycles. The van der Waals surface area contributed by atoms with Crippen molar-refractivity contribution in [3.8, 4) is 17.2 Å². The molecule has 0 spiro atoms. The number of phenols is 1. The number of fused-ring (bicyclic) bond motifs is 1. The van der Waals surface area contributed by atoms with Gasteiger partial charge in [-0.1, -0.05) is 11.6 Å². The molecule has 0 aliphatic heterocycles. The molecular formula is C19H12ClN3O2. The van der Waals surface area contributed by atoms with Crippen LogP contribution in [0.1, 0.15) is 5.56 Å². The quantitative estimate of drug-likeness (QED) is 0.528. The van der Waals surface area contributed by atoms with E-state index in [0.717, 1.165) is 5.56 Å². The van der Waals surface area contributed by atoms with Crippen molar-refractivity contribution >= 4 is 34.6 Å². The highest BCUT2D eigenvalue weighted by Crippen LogP contribution is 2.27. The Balaban J connectivity index is 1.67. The Labute approximate surface area is 148 Å². The van der Waals surface area contributed by atoms with Gasteiger partial charge >= 0.3 is 0 Å². The van der Waals surface area contributed by atoms with Crippen LogP contribution in [-0.4, -0.2) is 21.3 Å². The predicted molar refractivity (Wildman–Crippen MR) is 97.6 cm³/mol. The zero-order chi connectivity index (χ0) is 17.2. The average Bonchev–Trinajstić information content (AvgIpc) is 3.06. The second-order valence-corrected chi connectivity index (χ2v) is 5.80. The SMILES string of the molecule is Oc1ccc(Cl)cc1C=Nc1ccc2oc(-c3ccncc3)nc2c1. The van der Waals surface area contributed by atoms with Gasteiger partial charge in [-0.25, -0.2) is 4.98 Å². The van der Waals surface area contributed by atoms with Gasteiger partial charge in [-0.05, 0) is 48.5 Å². The highest BCUT2D eigenvalue weighted by molar-refractivity contribution is 6.30. The van der Waals surface area contributed by atoms with Gasteiger partial charge in [0.2, 0.25) is 5.89 Å². The Morgan fingerprint density at radius 1 is 1.04 bits per heavy atom. The molecule has 0 saturated heterocycles. The molecule has 0 saturated carbocycles. The summed E-state index contributed by atoms with van der Waals surface area (Å²) in [6, 6.07) is 13.9. The van der Waals surface area contributed by atoms with Crippen molar-refractivity contribution in [3.63, 3.8) is 0 Å². The summed E-state index contributed by atoms with van der Waals surface area (Å²) in [6.45, 7) is 0. The molecule has 0 unspecified atom stereocenters. The van der Waals surface area contributed by atoms with Crippen molar-refractivity contribution in [2.45, 2.75) is 0 Å². The molecular weight excluding hydrogens is 338 g/mol. The van der Waals surface area contributed by atoms with Crippen LogP contribution in [0.2, 0.25) is 5.02 Å². The van der Waals surface area contributed by atoms with Crippen LogP contribution < -0.4 is 0 Å².